The molecule has 0 unspecified atom stereocenters. The Balaban J connectivity index is -0.000000980. The Bertz CT molecular complexity index is 277. The first-order valence-electron chi connectivity index (χ1n) is 4.40. The fourth-order valence-corrected chi connectivity index (χ4v) is 3.33. The molecule has 17 heavy (non-hydrogen) atoms. The zero-order valence-electron chi connectivity index (χ0n) is 10.3. The minimum atomic E-state index is -5.26. The normalized spacial score (nSPS) is 12.6. The summed E-state index contributed by atoms with van der Waals surface area (Å²) in [7, 11) is -10.5. The summed E-state index contributed by atoms with van der Waals surface area (Å²) < 4.78 is 21.7. The zero-order valence-corrected chi connectivity index (χ0v) is 16.1. The van der Waals surface area contributed by atoms with Crippen LogP contribution in [0.15, 0.2) is 0 Å². The molecule has 5 N–H and O–H groups in total. The summed E-state index contributed by atoms with van der Waals surface area (Å²) in [4.78, 5) is 35.0. The molecule has 0 atom stereocenters. The van der Waals surface area contributed by atoms with E-state index in [1.165, 1.54) is 0 Å². The fourth-order valence-electron chi connectivity index (χ4n) is 1.07. The van der Waals surface area contributed by atoms with Crippen LogP contribution in [0.5, 0.6) is 0 Å². The molecule has 94 valence electrons. The standard InChI is InChI=1S/C6H16O7P2.2Na/c1-2-3-4-5-6(7,14(8,9)10)15(11,12)13;;/h7H,2-5H2,1H3,(H2,8,9,10)(H2,11,12,13);;. The van der Waals surface area contributed by atoms with Gasteiger partial charge in [-0.1, -0.05) is 19.8 Å². The molecule has 11 heteroatoms. The van der Waals surface area contributed by atoms with E-state index < -0.39 is 26.7 Å². The smallest absolute Gasteiger partial charge is 0.368 e. The third kappa shape index (κ3) is 7.00. The number of hydrogen-bond acceptors (Lipinski definition) is 3. The molecule has 0 saturated carbocycles. The van der Waals surface area contributed by atoms with E-state index in [9.17, 15) is 14.2 Å². The second-order valence-corrected chi connectivity index (χ2v) is 7.33. The van der Waals surface area contributed by atoms with Crippen molar-refractivity contribution in [3.05, 3.63) is 0 Å². The summed E-state index contributed by atoms with van der Waals surface area (Å²) in [6, 6.07) is 0. The van der Waals surface area contributed by atoms with Crippen LogP contribution in [-0.2, 0) is 9.13 Å². The van der Waals surface area contributed by atoms with Crippen molar-refractivity contribution >= 4 is 74.3 Å². The Morgan fingerprint density at radius 1 is 0.941 bits per heavy atom. The molecule has 0 aliphatic rings. The predicted octanol–water partition coefficient (Wildman–Crippen LogP) is -0.193. The molecule has 0 aromatic heterocycles. The van der Waals surface area contributed by atoms with Crippen molar-refractivity contribution in [1.82, 2.24) is 0 Å². The van der Waals surface area contributed by atoms with Gasteiger partial charge in [0, 0.05) is 59.1 Å². The van der Waals surface area contributed by atoms with E-state index in [1.807, 2.05) is 6.92 Å². The first-order chi connectivity index (χ1) is 6.56. The number of rotatable bonds is 6. The molecular formula is C6H16Na2O7P2. The molecule has 7 nitrogen and oxygen atoms in total. The summed E-state index contributed by atoms with van der Waals surface area (Å²) >= 11 is 0. The molecule has 0 bridgehead atoms. The maximum atomic E-state index is 10.8. The molecule has 0 heterocycles. The van der Waals surface area contributed by atoms with Crippen LogP contribution in [0.1, 0.15) is 32.6 Å². The van der Waals surface area contributed by atoms with E-state index in [0.717, 1.165) is 0 Å². The molecule has 0 aliphatic carbocycles. The second-order valence-electron chi connectivity index (χ2n) is 3.32. The molecule has 0 fully saturated rings. The average molecular weight is 308 g/mol. The Morgan fingerprint density at radius 2 is 1.29 bits per heavy atom. The predicted molar refractivity (Wildman–Crippen MR) is 64.7 cm³/mol. The third-order valence-electron chi connectivity index (χ3n) is 2.05. The summed E-state index contributed by atoms with van der Waals surface area (Å²) in [6.45, 7) is 1.81. The first-order valence-corrected chi connectivity index (χ1v) is 7.62. The van der Waals surface area contributed by atoms with Gasteiger partial charge in [0.1, 0.15) is 0 Å². The van der Waals surface area contributed by atoms with Gasteiger partial charge in [-0.25, -0.2) is 0 Å². The van der Waals surface area contributed by atoms with Crippen molar-refractivity contribution in [3.8, 4) is 0 Å². The molecule has 2 radical (unpaired) electrons. The quantitative estimate of drug-likeness (QED) is 0.260. The SMILES string of the molecule is CCCCCC(O)(P(=O)(O)O)P(=O)(O)O.[Na].[Na]. The van der Waals surface area contributed by atoms with Gasteiger partial charge in [0.2, 0.25) is 0 Å². The number of unbranched alkanes of at least 4 members (excludes halogenated alkanes) is 2. The third-order valence-corrected chi connectivity index (χ3v) is 5.93. The summed E-state index contributed by atoms with van der Waals surface area (Å²) in [5.74, 6) is 0. The van der Waals surface area contributed by atoms with Crippen LogP contribution in [0.25, 0.3) is 0 Å². The average Bonchev–Trinajstić information content (AvgIpc) is 2.00. The van der Waals surface area contributed by atoms with Crippen molar-refractivity contribution in [1.29, 1.82) is 0 Å². The van der Waals surface area contributed by atoms with Gasteiger partial charge in [0.25, 0.3) is 5.08 Å². The van der Waals surface area contributed by atoms with Crippen LogP contribution < -0.4 is 0 Å². The summed E-state index contributed by atoms with van der Waals surface area (Å²) in [5, 5.41) is 6.14. The molecule has 0 rings (SSSR count). The van der Waals surface area contributed by atoms with Gasteiger partial charge in [-0.15, -0.1) is 0 Å². The van der Waals surface area contributed by atoms with Crippen LogP contribution in [0.2, 0.25) is 0 Å². The summed E-state index contributed by atoms with van der Waals surface area (Å²) in [6.07, 6.45) is 0.763. The van der Waals surface area contributed by atoms with Gasteiger partial charge in [0.15, 0.2) is 0 Å². The Morgan fingerprint density at radius 3 is 1.53 bits per heavy atom. The molecule has 0 aromatic rings. The Hall–Kier alpha value is 2.26. The van der Waals surface area contributed by atoms with Gasteiger partial charge in [-0.3, -0.25) is 9.13 Å². The van der Waals surface area contributed by atoms with Gasteiger partial charge in [-0.2, -0.15) is 0 Å². The van der Waals surface area contributed by atoms with Crippen molar-refractivity contribution in [2.75, 3.05) is 0 Å². The first kappa shape index (κ1) is 24.3. The van der Waals surface area contributed by atoms with Crippen LogP contribution in [0.3, 0.4) is 0 Å². The summed E-state index contributed by atoms with van der Waals surface area (Å²) in [5.41, 5.74) is 0. The van der Waals surface area contributed by atoms with Crippen molar-refractivity contribution in [2.45, 2.75) is 37.7 Å². The minimum Gasteiger partial charge on any atom is -0.368 e. The van der Waals surface area contributed by atoms with Crippen molar-refractivity contribution < 1.29 is 33.8 Å². The van der Waals surface area contributed by atoms with E-state index >= 15 is 0 Å². The van der Waals surface area contributed by atoms with Gasteiger partial charge in [-0.05, 0) is 12.8 Å². The number of hydrogen-bond donors (Lipinski definition) is 5. The van der Waals surface area contributed by atoms with Crippen molar-refractivity contribution in [3.63, 3.8) is 0 Å². The monoisotopic (exact) mass is 308 g/mol. The molecular weight excluding hydrogens is 292 g/mol. The minimum absolute atomic E-state index is 0. The molecule has 0 aromatic carbocycles. The number of aliphatic hydroxyl groups is 1. The van der Waals surface area contributed by atoms with Crippen molar-refractivity contribution in [2.24, 2.45) is 0 Å². The topological polar surface area (TPSA) is 135 Å². The largest absolute Gasteiger partial charge is 0.369 e. The Kier molecular flexibility index (Phi) is 13.2. The van der Waals surface area contributed by atoms with Crippen LogP contribution in [-0.4, -0.2) is 88.9 Å². The van der Waals surface area contributed by atoms with E-state index in [-0.39, 0.29) is 65.5 Å². The van der Waals surface area contributed by atoms with E-state index in [4.69, 9.17) is 19.6 Å². The fraction of sp³-hybridized carbons (Fsp3) is 1.00. The van der Waals surface area contributed by atoms with E-state index in [0.29, 0.717) is 12.8 Å². The van der Waals surface area contributed by atoms with Crippen LogP contribution >= 0.6 is 15.2 Å². The van der Waals surface area contributed by atoms with E-state index in [2.05, 4.69) is 0 Å². The van der Waals surface area contributed by atoms with Crippen LogP contribution in [0, 0.1) is 0 Å². The molecule has 0 amide bonds. The van der Waals surface area contributed by atoms with E-state index in [1.54, 1.807) is 0 Å². The Labute approximate surface area is 144 Å². The maximum Gasteiger partial charge on any atom is 0.369 e. The molecule has 0 spiro atoms. The maximum absolute atomic E-state index is 10.8. The second kappa shape index (κ2) is 9.24. The van der Waals surface area contributed by atoms with Gasteiger partial charge in [0.05, 0.1) is 0 Å². The van der Waals surface area contributed by atoms with Gasteiger partial charge < -0.3 is 24.7 Å². The zero-order chi connectivity index (χ0) is 12.3. The molecule has 0 aliphatic heterocycles. The van der Waals surface area contributed by atoms with Crippen LogP contribution in [0.4, 0.5) is 0 Å². The van der Waals surface area contributed by atoms with Gasteiger partial charge >= 0.3 is 15.2 Å². The molecule has 0 saturated heterocycles.